The van der Waals surface area contributed by atoms with Gasteiger partial charge < -0.3 is 0 Å². The summed E-state index contributed by atoms with van der Waals surface area (Å²) in [5, 5.41) is 0. The Morgan fingerprint density at radius 1 is 1.42 bits per heavy atom. The van der Waals surface area contributed by atoms with E-state index in [4.69, 9.17) is 0 Å². The van der Waals surface area contributed by atoms with Gasteiger partial charge in [-0.15, -0.1) is 0 Å². The molecule has 0 unspecified atom stereocenters. The van der Waals surface area contributed by atoms with Crippen molar-refractivity contribution in [3.8, 4) is 0 Å². The summed E-state index contributed by atoms with van der Waals surface area (Å²) in [6.45, 7) is 1.13. The summed E-state index contributed by atoms with van der Waals surface area (Å²) in [7, 11) is 0. The Labute approximate surface area is 67.6 Å². The quantitative estimate of drug-likeness (QED) is 0.415. The highest BCUT2D eigenvalue weighted by Crippen LogP contribution is 1.90. The van der Waals surface area contributed by atoms with Crippen molar-refractivity contribution in [2.75, 3.05) is 0 Å². The Hall–Kier alpha value is -1.85. The number of aromatic nitrogens is 2. The number of hydrogen-bond donors (Lipinski definition) is 0. The molecular weight excluding hydrogens is 164 g/mol. The van der Waals surface area contributed by atoms with E-state index in [0.29, 0.717) is 0 Å². The fraction of sp³-hybridized carbons (Fsp3) is 0.167. The van der Waals surface area contributed by atoms with Gasteiger partial charge in [0.25, 0.3) is 0 Å². The highest BCUT2D eigenvalue weighted by atomic mass is 17.2. The molecule has 0 aliphatic heterocycles. The molecule has 0 radical (unpaired) electrons. The van der Waals surface area contributed by atoms with Crippen molar-refractivity contribution in [2.24, 2.45) is 0 Å². The van der Waals surface area contributed by atoms with E-state index in [1.165, 1.54) is 18.7 Å². The van der Waals surface area contributed by atoms with Crippen molar-refractivity contribution in [3.05, 3.63) is 18.7 Å². The molecule has 1 aromatic rings. The molecule has 0 spiro atoms. The van der Waals surface area contributed by atoms with Crippen molar-refractivity contribution in [1.29, 1.82) is 0 Å². The Bertz CT molecular complexity index is 280. The Balaban J connectivity index is 2.45. The van der Waals surface area contributed by atoms with E-state index in [0.717, 1.165) is 11.5 Å². The van der Waals surface area contributed by atoms with Crippen LogP contribution in [0.2, 0.25) is 0 Å². The van der Waals surface area contributed by atoms with Gasteiger partial charge in [0.05, 0.1) is 0 Å². The summed E-state index contributed by atoms with van der Waals surface area (Å²) in [6.07, 6.45) is 3.18. The summed E-state index contributed by atoms with van der Waals surface area (Å²) < 4.78 is 1.03. The van der Waals surface area contributed by atoms with E-state index in [1.54, 1.807) is 0 Å². The molecule has 0 aliphatic rings. The summed E-state index contributed by atoms with van der Waals surface area (Å²) in [4.78, 5) is 32.7. The topological polar surface area (TPSA) is 70.4 Å². The zero-order valence-electron chi connectivity index (χ0n) is 6.26. The number of imidazole rings is 1. The molecule has 0 bridgehead atoms. The van der Waals surface area contributed by atoms with Crippen LogP contribution in [0.25, 0.3) is 0 Å². The van der Waals surface area contributed by atoms with Gasteiger partial charge in [-0.25, -0.2) is 28.9 Å². The van der Waals surface area contributed by atoms with Crippen LogP contribution in [0.5, 0.6) is 0 Å². The molecule has 0 aromatic carbocycles. The zero-order valence-corrected chi connectivity index (χ0v) is 6.26. The van der Waals surface area contributed by atoms with Gasteiger partial charge in [-0.1, -0.05) is 0 Å². The lowest BCUT2D eigenvalue weighted by atomic mass is 10.8. The molecule has 0 N–H and O–H groups in total. The second-order valence-corrected chi connectivity index (χ2v) is 1.89. The minimum Gasteiger partial charge on any atom is -0.248 e. The van der Waals surface area contributed by atoms with E-state index < -0.39 is 12.1 Å². The Morgan fingerprint density at radius 2 is 2.17 bits per heavy atom. The van der Waals surface area contributed by atoms with Crippen LogP contribution >= 0.6 is 0 Å². The van der Waals surface area contributed by atoms with E-state index in [2.05, 4.69) is 14.8 Å². The fourth-order valence-electron chi connectivity index (χ4n) is 0.504. The van der Waals surface area contributed by atoms with Crippen LogP contribution in [-0.2, 0) is 14.6 Å². The van der Waals surface area contributed by atoms with Crippen molar-refractivity contribution >= 4 is 12.1 Å². The maximum absolute atomic E-state index is 10.8. The number of nitrogens with zero attached hydrogens (tertiary/aromatic N) is 2. The van der Waals surface area contributed by atoms with E-state index in [1.807, 2.05) is 0 Å². The highest BCUT2D eigenvalue weighted by Gasteiger charge is 2.06. The van der Waals surface area contributed by atoms with E-state index in [9.17, 15) is 9.59 Å². The molecule has 64 valence electrons. The Morgan fingerprint density at radius 3 is 2.67 bits per heavy atom. The predicted molar refractivity (Wildman–Crippen MR) is 35.9 cm³/mol. The summed E-state index contributed by atoms with van der Waals surface area (Å²) in [6, 6.07) is 0. The van der Waals surface area contributed by atoms with Gasteiger partial charge in [0.2, 0.25) is 0 Å². The molecule has 1 heterocycles. The number of carbonyl (C=O) groups excluding carboxylic acids is 2. The normalized spacial score (nSPS) is 9.08. The van der Waals surface area contributed by atoms with Gasteiger partial charge in [-0.2, -0.15) is 0 Å². The zero-order chi connectivity index (χ0) is 8.97. The first-order valence-corrected chi connectivity index (χ1v) is 3.07. The third-order valence-electron chi connectivity index (χ3n) is 0.946. The molecule has 1 aromatic heterocycles. The molecule has 0 saturated heterocycles. The highest BCUT2D eigenvalue weighted by molar-refractivity contribution is 5.71. The summed E-state index contributed by atoms with van der Waals surface area (Å²) in [5.74, 6) is -0.691. The predicted octanol–water partition coefficient (Wildman–Crippen LogP) is 0.346. The first-order valence-electron chi connectivity index (χ1n) is 3.07. The second-order valence-electron chi connectivity index (χ2n) is 1.89. The molecule has 0 aliphatic carbocycles. The number of carbonyl (C=O) groups is 2. The van der Waals surface area contributed by atoms with Crippen molar-refractivity contribution in [1.82, 2.24) is 9.55 Å². The second kappa shape index (κ2) is 3.51. The molecule has 0 amide bonds. The minimum atomic E-state index is -0.817. The number of rotatable bonds is 0. The largest absolute Gasteiger partial charge is 0.462 e. The van der Waals surface area contributed by atoms with Gasteiger partial charge in [-0.05, 0) is 0 Å². The third-order valence-corrected chi connectivity index (χ3v) is 0.946. The van der Waals surface area contributed by atoms with Crippen LogP contribution in [0.4, 0.5) is 4.79 Å². The summed E-state index contributed by atoms with van der Waals surface area (Å²) >= 11 is 0. The smallest absolute Gasteiger partial charge is 0.248 e. The first kappa shape index (κ1) is 8.25. The van der Waals surface area contributed by atoms with Crippen LogP contribution in [-0.4, -0.2) is 21.6 Å². The fourth-order valence-corrected chi connectivity index (χ4v) is 0.504. The van der Waals surface area contributed by atoms with Crippen LogP contribution < -0.4 is 0 Å². The van der Waals surface area contributed by atoms with Gasteiger partial charge in [0.1, 0.15) is 6.33 Å². The molecule has 12 heavy (non-hydrogen) atoms. The minimum absolute atomic E-state index is 0.691. The van der Waals surface area contributed by atoms with Gasteiger partial charge in [0, 0.05) is 19.3 Å². The average molecular weight is 170 g/mol. The molecule has 0 atom stereocenters. The molecule has 6 heteroatoms. The van der Waals surface area contributed by atoms with Crippen LogP contribution in [0.1, 0.15) is 6.92 Å². The lowest BCUT2D eigenvalue weighted by Gasteiger charge is -1.98. The molecule has 6 nitrogen and oxygen atoms in total. The van der Waals surface area contributed by atoms with E-state index in [-0.39, 0.29) is 0 Å². The maximum atomic E-state index is 10.8. The lowest BCUT2D eigenvalue weighted by molar-refractivity contribution is -0.229. The standard InChI is InChI=1S/C6H6N2O4/c1-5(9)11-12-6(10)8-3-2-7-4-8/h2-4H,1H3. The van der Waals surface area contributed by atoms with Crippen LogP contribution in [0, 0.1) is 0 Å². The number of hydrogen-bond acceptors (Lipinski definition) is 5. The molecule has 0 fully saturated rings. The molecule has 0 saturated carbocycles. The SMILES string of the molecule is CC(=O)OOC(=O)n1ccnc1. The third kappa shape index (κ3) is 2.08. The van der Waals surface area contributed by atoms with E-state index >= 15 is 0 Å². The van der Waals surface area contributed by atoms with Crippen molar-refractivity contribution in [2.45, 2.75) is 6.92 Å². The summed E-state index contributed by atoms with van der Waals surface area (Å²) in [5.41, 5.74) is 0. The van der Waals surface area contributed by atoms with Crippen molar-refractivity contribution in [3.63, 3.8) is 0 Å². The maximum Gasteiger partial charge on any atom is 0.462 e. The van der Waals surface area contributed by atoms with Crippen LogP contribution in [0.15, 0.2) is 18.7 Å². The van der Waals surface area contributed by atoms with Gasteiger partial charge in [-0.3, -0.25) is 0 Å². The van der Waals surface area contributed by atoms with Crippen LogP contribution in [0.3, 0.4) is 0 Å². The monoisotopic (exact) mass is 170 g/mol. The Kier molecular flexibility index (Phi) is 2.42. The average Bonchev–Trinajstić information content (AvgIpc) is 2.51. The van der Waals surface area contributed by atoms with Crippen molar-refractivity contribution < 1.29 is 19.4 Å². The first-order chi connectivity index (χ1) is 5.70. The lowest BCUT2D eigenvalue weighted by Crippen LogP contribution is -2.13. The van der Waals surface area contributed by atoms with Gasteiger partial charge in [0.15, 0.2) is 0 Å². The van der Waals surface area contributed by atoms with Gasteiger partial charge >= 0.3 is 12.1 Å². The molecular formula is C6H6N2O4. The molecule has 1 rings (SSSR count).